The molecule has 118 valence electrons. The molecule has 0 radical (unpaired) electrons. The van der Waals surface area contributed by atoms with Crippen molar-refractivity contribution in [1.82, 2.24) is 20.1 Å². The summed E-state index contributed by atoms with van der Waals surface area (Å²) in [5.74, 6) is -0.316. The molecule has 5 heteroatoms. The van der Waals surface area contributed by atoms with Crippen molar-refractivity contribution in [2.45, 2.75) is 26.4 Å². The molecule has 0 spiro atoms. The Morgan fingerprint density at radius 2 is 2.00 bits per heavy atom. The molecule has 1 N–H and O–H groups in total. The molecule has 1 atom stereocenters. The number of hydrogen-bond donors (Lipinski definition) is 1. The summed E-state index contributed by atoms with van der Waals surface area (Å²) in [7, 11) is 0. The van der Waals surface area contributed by atoms with Crippen molar-refractivity contribution in [1.29, 1.82) is 0 Å². The van der Waals surface area contributed by atoms with Gasteiger partial charge in [0.05, 0.1) is 17.6 Å². The lowest BCUT2D eigenvalue weighted by atomic mass is 10.1. The fourth-order valence-electron chi connectivity index (χ4n) is 2.43. The predicted molar refractivity (Wildman–Crippen MR) is 87.8 cm³/mol. The van der Waals surface area contributed by atoms with Gasteiger partial charge in [0.2, 0.25) is 0 Å². The summed E-state index contributed by atoms with van der Waals surface area (Å²) in [6.07, 6.45) is 4.92. The van der Waals surface area contributed by atoms with Crippen molar-refractivity contribution in [2.24, 2.45) is 0 Å². The maximum atomic E-state index is 13.2. The van der Waals surface area contributed by atoms with E-state index in [2.05, 4.69) is 15.4 Å². The van der Waals surface area contributed by atoms with Crippen LogP contribution in [0.25, 0.3) is 5.69 Å². The van der Waals surface area contributed by atoms with Crippen LogP contribution in [0, 0.1) is 12.7 Å². The number of nitrogens with one attached hydrogen (secondary N) is 1. The Labute approximate surface area is 135 Å². The molecule has 1 aromatic carbocycles. The quantitative estimate of drug-likeness (QED) is 0.783. The Morgan fingerprint density at radius 3 is 2.74 bits per heavy atom. The molecular formula is C18H19FN4. The molecule has 0 saturated carbocycles. The molecule has 2 aromatic heterocycles. The van der Waals surface area contributed by atoms with Gasteiger partial charge < -0.3 is 5.32 Å². The van der Waals surface area contributed by atoms with Gasteiger partial charge in [-0.25, -0.2) is 9.07 Å². The summed E-state index contributed by atoms with van der Waals surface area (Å²) in [6, 6.07) is 11.5. The van der Waals surface area contributed by atoms with Crippen LogP contribution in [0.15, 0.2) is 55.0 Å². The van der Waals surface area contributed by atoms with Crippen LogP contribution in [0.2, 0.25) is 0 Å². The summed E-state index contributed by atoms with van der Waals surface area (Å²) in [5.41, 5.74) is 3.96. The highest BCUT2D eigenvalue weighted by Crippen LogP contribution is 2.15. The number of nitrogens with zero attached hydrogens (tertiary/aromatic N) is 3. The van der Waals surface area contributed by atoms with E-state index in [9.17, 15) is 4.39 Å². The van der Waals surface area contributed by atoms with Gasteiger partial charge in [0.1, 0.15) is 5.82 Å². The number of halogens is 1. The van der Waals surface area contributed by atoms with Gasteiger partial charge in [0, 0.05) is 30.5 Å². The van der Waals surface area contributed by atoms with E-state index in [1.165, 1.54) is 12.3 Å². The number of benzene rings is 1. The maximum Gasteiger partial charge on any atom is 0.141 e. The van der Waals surface area contributed by atoms with Crippen LogP contribution in [0.4, 0.5) is 4.39 Å². The summed E-state index contributed by atoms with van der Waals surface area (Å²) < 4.78 is 15.1. The average molecular weight is 310 g/mol. The zero-order valence-electron chi connectivity index (χ0n) is 13.2. The lowest BCUT2D eigenvalue weighted by Gasteiger charge is -2.13. The zero-order valence-corrected chi connectivity index (χ0v) is 13.2. The van der Waals surface area contributed by atoms with E-state index in [4.69, 9.17) is 0 Å². The number of aryl methyl sites for hydroxylation is 1. The van der Waals surface area contributed by atoms with E-state index in [0.717, 1.165) is 22.5 Å². The third-order valence-corrected chi connectivity index (χ3v) is 3.85. The van der Waals surface area contributed by atoms with Crippen molar-refractivity contribution < 1.29 is 4.39 Å². The first-order valence-electron chi connectivity index (χ1n) is 7.58. The van der Waals surface area contributed by atoms with Crippen LogP contribution in [0.5, 0.6) is 0 Å². The van der Waals surface area contributed by atoms with Crippen LogP contribution in [-0.4, -0.2) is 14.8 Å². The first kappa shape index (κ1) is 15.4. The largest absolute Gasteiger partial charge is 0.306 e. The minimum atomic E-state index is -0.316. The van der Waals surface area contributed by atoms with Crippen LogP contribution < -0.4 is 5.32 Å². The summed E-state index contributed by atoms with van der Waals surface area (Å²) in [5, 5.41) is 7.94. The molecule has 3 aromatic rings. The van der Waals surface area contributed by atoms with E-state index in [1.54, 1.807) is 6.20 Å². The molecule has 4 nitrogen and oxygen atoms in total. The highest BCUT2D eigenvalue weighted by molar-refractivity contribution is 5.32. The Bertz CT molecular complexity index is 783. The SMILES string of the molecule is Cc1nn(-c2ccccc2)cc1CNC(C)c1cncc(F)c1. The van der Waals surface area contributed by atoms with Crippen molar-refractivity contribution in [3.05, 3.63) is 77.6 Å². The van der Waals surface area contributed by atoms with E-state index in [1.807, 2.05) is 55.1 Å². The molecule has 0 amide bonds. The normalized spacial score (nSPS) is 12.3. The standard InChI is InChI=1S/C18H19FN4/c1-13(15-8-17(19)11-20-9-15)21-10-16-12-23(22-14(16)2)18-6-4-3-5-7-18/h3-9,11-13,21H,10H2,1-2H3. The van der Waals surface area contributed by atoms with Crippen LogP contribution in [0.3, 0.4) is 0 Å². The van der Waals surface area contributed by atoms with Gasteiger partial charge in [-0.15, -0.1) is 0 Å². The number of para-hydroxylation sites is 1. The van der Waals surface area contributed by atoms with Crippen molar-refractivity contribution in [2.75, 3.05) is 0 Å². The smallest absolute Gasteiger partial charge is 0.141 e. The average Bonchev–Trinajstić information content (AvgIpc) is 2.94. The molecule has 0 fully saturated rings. The van der Waals surface area contributed by atoms with Gasteiger partial charge in [-0.3, -0.25) is 4.98 Å². The second-order valence-corrected chi connectivity index (χ2v) is 5.56. The number of pyridine rings is 1. The fourth-order valence-corrected chi connectivity index (χ4v) is 2.43. The van der Waals surface area contributed by atoms with Gasteiger partial charge in [-0.05, 0) is 37.6 Å². The molecule has 0 aliphatic carbocycles. The van der Waals surface area contributed by atoms with Crippen LogP contribution >= 0.6 is 0 Å². The van der Waals surface area contributed by atoms with Crippen LogP contribution in [0.1, 0.15) is 29.8 Å². The summed E-state index contributed by atoms with van der Waals surface area (Å²) in [4.78, 5) is 3.89. The van der Waals surface area contributed by atoms with Gasteiger partial charge in [-0.1, -0.05) is 18.2 Å². The Hall–Kier alpha value is -2.53. The number of rotatable bonds is 5. The van der Waals surface area contributed by atoms with Crippen LogP contribution in [-0.2, 0) is 6.54 Å². The predicted octanol–water partition coefficient (Wildman–Crippen LogP) is 3.57. The van der Waals surface area contributed by atoms with Gasteiger partial charge >= 0.3 is 0 Å². The van der Waals surface area contributed by atoms with Gasteiger partial charge in [-0.2, -0.15) is 5.10 Å². The lowest BCUT2D eigenvalue weighted by Crippen LogP contribution is -2.18. The van der Waals surface area contributed by atoms with Crippen molar-refractivity contribution in [3.63, 3.8) is 0 Å². The second kappa shape index (κ2) is 6.71. The molecular weight excluding hydrogens is 291 g/mol. The fraction of sp³-hybridized carbons (Fsp3) is 0.222. The highest BCUT2D eigenvalue weighted by Gasteiger charge is 2.10. The third kappa shape index (κ3) is 3.63. The Balaban J connectivity index is 1.70. The maximum absolute atomic E-state index is 13.2. The summed E-state index contributed by atoms with van der Waals surface area (Å²) in [6.45, 7) is 4.65. The number of hydrogen-bond acceptors (Lipinski definition) is 3. The molecule has 23 heavy (non-hydrogen) atoms. The van der Waals surface area contributed by atoms with E-state index in [-0.39, 0.29) is 11.9 Å². The topological polar surface area (TPSA) is 42.7 Å². The molecule has 0 aliphatic heterocycles. The van der Waals surface area contributed by atoms with Crippen molar-refractivity contribution in [3.8, 4) is 5.69 Å². The zero-order chi connectivity index (χ0) is 16.2. The second-order valence-electron chi connectivity index (χ2n) is 5.56. The molecule has 0 saturated heterocycles. The Morgan fingerprint density at radius 1 is 1.22 bits per heavy atom. The first-order valence-corrected chi connectivity index (χ1v) is 7.58. The van der Waals surface area contributed by atoms with Gasteiger partial charge in [0.15, 0.2) is 0 Å². The minimum Gasteiger partial charge on any atom is -0.306 e. The molecule has 3 rings (SSSR count). The van der Waals surface area contributed by atoms with E-state index >= 15 is 0 Å². The number of aromatic nitrogens is 3. The molecule has 0 bridgehead atoms. The van der Waals surface area contributed by atoms with Crippen molar-refractivity contribution >= 4 is 0 Å². The first-order chi connectivity index (χ1) is 11.1. The van der Waals surface area contributed by atoms with Gasteiger partial charge in [0.25, 0.3) is 0 Å². The highest BCUT2D eigenvalue weighted by atomic mass is 19.1. The molecule has 0 aliphatic rings. The van der Waals surface area contributed by atoms with E-state index in [0.29, 0.717) is 6.54 Å². The Kier molecular flexibility index (Phi) is 4.48. The monoisotopic (exact) mass is 310 g/mol. The molecule has 2 heterocycles. The molecule has 1 unspecified atom stereocenters. The van der Waals surface area contributed by atoms with E-state index < -0.39 is 0 Å². The minimum absolute atomic E-state index is 0.0117. The summed E-state index contributed by atoms with van der Waals surface area (Å²) >= 11 is 0. The third-order valence-electron chi connectivity index (χ3n) is 3.85. The lowest BCUT2D eigenvalue weighted by molar-refractivity contribution is 0.560.